The topological polar surface area (TPSA) is 60.7 Å². The second-order valence-electron chi connectivity index (χ2n) is 5.76. The van der Waals surface area contributed by atoms with Crippen molar-refractivity contribution < 1.29 is 18.7 Å². The van der Waals surface area contributed by atoms with Crippen LogP contribution >= 0.6 is 0 Å². The van der Waals surface area contributed by atoms with Gasteiger partial charge in [0.15, 0.2) is 6.29 Å². The predicted octanol–water partition coefficient (Wildman–Crippen LogP) is 4.23. The second kappa shape index (κ2) is 8.87. The number of ether oxygens (including phenoxy) is 2. The molecule has 5 heteroatoms. The first-order valence-corrected chi connectivity index (χ1v) is 8.35. The van der Waals surface area contributed by atoms with Gasteiger partial charge in [-0.15, -0.1) is 0 Å². The van der Waals surface area contributed by atoms with Crippen LogP contribution in [-0.4, -0.2) is 19.5 Å². The van der Waals surface area contributed by atoms with Gasteiger partial charge in [-0.3, -0.25) is 0 Å². The first kappa shape index (κ1) is 17.8. The first-order valence-electron chi connectivity index (χ1n) is 8.35. The number of carbonyl (C=O) groups is 1. The highest BCUT2D eigenvalue weighted by molar-refractivity contribution is 5.60. The molecule has 1 heterocycles. The molecule has 0 radical (unpaired) electrons. The Kier molecular flexibility index (Phi) is 6.06. The third-order valence-corrected chi connectivity index (χ3v) is 4.01. The molecule has 0 unspecified atom stereocenters. The summed E-state index contributed by atoms with van der Waals surface area (Å²) < 4.78 is 16.6. The molecule has 3 aromatic rings. The number of aldehydes is 1. The van der Waals surface area contributed by atoms with E-state index in [4.69, 9.17) is 13.9 Å². The van der Waals surface area contributed by atoms with E-state index < -0.39 is 12.1 Å². The van der Waals surface area contributed by atoms with Gasteiger partial charge in [0.2, 0.25) is 0 Å². The van der Waals surface area contributed by atoms with Crippen molar-refractivity contribution in [2.24, 2.45) is 0 Å². The van der Waals surface area contributed by atoms with E-state index in [1.807, 2.05) is 60.7 Å². The molecule has 1 N–H and O–H groups in total. The molecule has 26 heavy (non-hydrogen) atoms. The molecule has 134 valence electrons. The van der Waals surface area contributed by atoms with E-state index in [0.29, 0.717) is 12.4 Å². The van der Waals surface area contributed by atoms with Gasteiger partial charge in [0.25, 0.3) is 0 Å². The van der Waals surface area contributed by atoms with Crippen molar-refractivity contribution in [3.63, 3.8) is 0 Å². The Morgan fingerprint density at radius 3 is 2.42 bits per heavy atom. The number of anilines is 1. The average Bonchev–Trinajstić information content (AvgIpc) is 3.23. The number of methoxy groups -OCH3 is 1. The molecule has 0 fully saturated rings. The van der Waals surface area contributed by atoms with E-state index in [2.05, 4.69) is 5.32 Å². The third kappa shape index (κ3) is 4.52. The fraction of sp³-hybridized carbons (Fsp3) is 0.190. The fourth-order valence-corrected chi connectivity index (χ4v) is 2.63. The highest BCUT2D eigenvalue weighted by atomic mass is 16.5. The molecular formula is C21H21NO4. The van der Waals surface area contributed by atoms with Crippen LogP contribution in [-0.2, 0) is 16.1 Å². The van der Waals surface area contributed by atoms with E-state index in [1.54, 1.807) is 19.4 Å². The lowest BCUT2D eigenvalue weighted by molar-refractivity contribution is -0.120. The van der Waals surface area contributed by atoms with Crippen molar-refractivity contribution >= 4 is 12.0 Å². The summed E-state index contributed by atoms with van der Waals surface area (Å²) >= 11 is 0. The summed E-state index contributed by atoms with van der Waals surface area (Å²) in [4.78, 5) is 11.7. The molecule has 0 spiro atoms. The number of furan rings is 1. The number of rotatable bonds is 9. The molecule has 0 aliphatic carbocycles. The van der Waals surface area contributed by atoms with Crippen molar-refractivity contribution in [1.82, 2.24) is 0 Å². The summed E-state index contributed by atoms with van der Waals surface area (Å²) in [6.07, 6.45) is 1.67. The molecule has 2 atom stereocenters. The molecule has 0 saturated heterocycles. The van der Waals surface area contributed by atoms with Crippen LogP contribution in [0.25, 0.3) is 0 Å². The molecule has 0 aliphatic heterocycles. The van der Waals surface area contributed by atoms with Gasteiger partial charge >= 0.3 is 0 Å². The smallest absolute Gasteiger partial charge is 0.151 e. The Bertz CT molecular complexity index is 785. The number of nitrogens with one attached hydrogen (secondary N) is 1. The average molecular weight is 351 g/mol. The summed E-state index contributed by atoms with van der Waals surface area (Å²) in [6, 6.07) is 20.4. The Labute approximate surface area is 152 Å². The van der Waals surface area contributed by atoms with Crippen molar-refractivity contribution in [3.8, 4) is 5.75 Å². The van der Waals surface area contributed by atoms with E-state index in [0.717, 1.165) is 23.3 Å². The van der Waals surface area contributed by atoms with Crippen LogP contribution in [0.5, 0.6) is 5.75 Å². The molecule has 0 bridgehead atoms. The Balaban J connectivity index is 1.76. The largest absolute Gasteiger partial charge is 0.497 e. The van der Waals surface area contributed by atoms with Crippen LogP contribution in [0.1, 0.15) is 17.4 Å². The van der Waals surface area contributed by atoms with Gasteiger partial charge in [-0.2, -0.15) is 0 Å². The van der Waals surface area contributed by atoms with Crippen LogP contribution in [0.2, 0.25) is 0 Å². The maximum atomic E-state index is 11.7. The van der Waals surface area contributed by atoms with Gasteiger partial charge in [0.1, 0.15) is 23.7 Å². The minimum absolute atomic E-state index is 0.339. The van der Waals surface area contributed by atoms with E-state index in [9.17, 15) is 4.79 Å². The van der Waals surface area contributed by atoms with Crippen LogP contribution in [0.3, 0.4) is 0 Å². The Morgan fingerprint density at radius 1 is 1.04 bits per heavy atom. The zero-order valence-electron chi connectivity index (χ0n) is 14.5. The van der Waals surface area contributed by atoms with Crippen molar-refractivity contribution in [3.05, 3.63) is 84.3 Å². The first-order chi connectivity index (χ1) is 12.8. The molecule has 3 rings (SSSR count). The summed E-state index contributed by atoms with van der Waals surface area (Å²) in [5.41, 5.74) is 1.84. The summed E-state index contributed by atoms with van der Waals surface area (Å²) in [5, 5.41) is 3.31. The summed E-state index contributed by atoms with van der Waals surface area (Å²) in [6.45, 7) is 0.339. The van der Waals surface area contributed by atoms with E-state index in [-0.39, 0.29) is 0 Å². The predicted molar refractivity (Wildman–Crippen MR) is 99.1 cm³/mol. The van der Waals surface area contributed by atoms with Crippen LogP contribution in [0.15, 0.2) is 77.4 Å². The summed E-state index contributed by atoms with van der Waals surface area (Å²) in [7, 11) is 1.62. The number of benzene rings is 2. The van der Waals surface area contributed by atoms with Crippen molar-refractivity contribution in [1.29, 1.82) is 0 Å². The molecular weight excluding hydrogens is 330 g/mol. The molecule has 1 aromatic heterocycles. The SMILES string of the molecule is COc1ccc(N[C@H](c2ccco2)[C@@H](C=O)OCc2ccccc2)cc1. The summed E-state index contributed by atoms with van der Waals surface area (Å²) in [5.74, 6) is 1.39. The molecule has 0 aliphatic rings. The van der Waals surface area contributed by atoms with Crippen molar-refractivity contribution in [2.75, 3.05) is 12.4 Å². The number of carbonyl (C=O) groups excluding carboxylic acids is 1. The van der Waals surface area contributed by atoms with Gasteiger partial charge in [-0.05, 0) is 42.0 Å². The van der Waals surface area contributed by atoms with Gasteiger partial charge in [0, 0.05) is 5.69 Å². The Morgan fingerprint density at radius 2 is 1.81 bits per heavy atom. The third-order valence-electron chi connectivity index (χ3n) is 4.01. The normalized spacial score (nSPS) is 13.0. The van der Waals surface area contributed by atoms with Gasteiger partial charge in [-0.1, -0.05) is 30.3 Å². The van der Waals surface area contributed by atoms with Gasteiger partial charge < -0.3 is 24.0 Å². The quantitative estimate of drug-likeness (QED) is 0.585. The Hall–Kier alpha value is -3.05. The highest BCUT2D eigenvalue weighted by Crippen LogP contribution is 2.26. The molecule has 2 aromatic carbocycles. The second-order valence-corrected chi connectivity index (χ2v) is 5.76. The zero-order chi connectivity index (χ0) is 18.2. The maximum Gasteiger partial charge on any atom is 0.151 e. The lowest BCUT2D eigenvalue weighted by atomic mass is 10.1. The minimum atomic E-state index is -0.705. The zero-order valence-corrected chi connectivity index (χ0v) is 14.5. The van der Waals surface area contributed by atoms with Crippen LogP contribution in [0, 0.1) is 0 Å². The van der Waals surface area contributed by atoms with Crippen LogP contribution < -0.4 is 10.1 Å². The molecule has 0 amide bonds. The van der Waals surface area contributed by atoms with Gasteiger partial charge in [0.05, 0.1) is 20.0 Å². The van der Waals surface area contributed by atoms with Gasteiger partial charge in [-0.25, -0.2) is 0 Å². The van der Waals surface area contributed by atoms with E-state index in [1.165, 1.54) is 0 Å². The fourth-order valence-electron chi connectivity index (χ4n) is 2.63. The molecule has 0 saturated carbocycles. The highest BCUT2D eigenvalue weighted by Gasteiger charge is 2.26. The van der Waals surface area contributed by atoms with Crippen molar-refractivity contribution in [2.45, 2.75) is 18.8 Å². The number of hydrogen-bond acceptors (Lipinski definition) is 5. The van der Waals surface area contributed by atoms with E-state index >= 15 is 0 Å². The minimum Gasteiger partial charge on any atom is -0.497 e. The standard InChI is InChI=1S/C21H21NO4/c1-24-18-11-9-17(10-12-18)22-21(19-8-5-13-25-19)20(14-23)26-15-16-6-3-2-4-7-16/h2-14,20-22H,15H2,1H3/t20-,21-/m1/s1. The lowest BCUT2D eigenvalue weighted by Crippen LogP contribution is -2.29. The lowest BCUT2D eigenvalue weighted by Gasteiger charge is -2.24. The number of hydrogen-bond donors (Lipinski definition) is 1. The molecule has 5 nitrogen and oxygen atoms in total. The van der Waals surface area contributed by atoms with Crippen LogP contribution in [0.4, 0.5) is 5.69 Å². The maximum absolute atomic E-state index is 11.7. The monoisotopic (exact) mass is 351 g/mol.